The van der Waals surface area contributed by atoms with Gasteiger partial charge in [0, 0.05) is 13.1 Å². The number of rotatable bonds is 0. The first kappa shape index (κ1) is 12.0. The Labute approximate surface area is 111 Å². The highest BCUT2D eigenvalue weighted by molar-refractivity contribution is 5.79. The molecule has 18 heavy (non-hydrogen) atoms. The van der Waals surface area contributed by atoms with Crippen LogP contribution in [0.15, 0.2) is 29.8 Å². The van der Waals surface area contributed by atoms with Crippen molar-refractivity contribution in [3.05, 3.63) is 41.0 Å². The van der Waals surface area contributed by atoms with Crippen molar-refractivity contribution in [2.24, 2.45) is 5.41 Å². The Morgan fingerprint density at radius 2 is 1.72 bits per heavy atom. The Morgan fingerprint density at radius 3 is 2.44 bits per heavy atom. The van der Waals surface area contributed by atoms with Crippen LogP contribution in [0.2, 0.25) is 0 Å². The first-order valence-corrected chi connectivity index (χ1v) is 7.07. The zero-order chi connectivity index (χ0) is 12.8. The van der Waals surface area contributed by atoms with Gasteiger partial charge in [-0.3, -0.25) is 0 Å². The lowest BCUT2D eigenvalue weighted by Crippen LogP contribution is -2.27. The molecule has 1 aromatic rings. The molecule has 0 saturated carbocycles. The van der Waals surface area contributed by atoms with Crippen molar-refractivity contribution in [1.29, 1.82) is 0 Å². The Morgan fingerprint density at radius 1 is 1.06 bits per heavy atom. The van der Waals surface area contributed by atoms with Gasteiger partial charge < -0.3 is 4.90 Å². The molecule has 0 spiro atoms. The van der Waals surface area contributed by atoms with E-state index in [4.69, 9.17) is 0 Å². The van der Waals surface area contributed by atoms with Crippen LogP contribution in [-0.4, -0.2) is 25.0 Å². The fourth-order valence-corrected chi connectivity index (χ4v) is 3.65. The van der Waals surface area contributed by atoms with Crippen LogP contribution in [0.1, 0.15) is 37.8 Å². The molecule has 0 bridgehead atoms. The van der Waals surface area contributed by atoms with Gasteiger partial charge in [0.25, 0.3) is 0 Å². The SMILES string of the molecule is CN1CCC(=C2c3ccccc3CC2(C)C)CC1. The average molecular weight is 241 g/mol. The molecule has 0 aromatic heterocycles. The predicted molar refractivity (Wildman–Crippen MR) is 77.6 cm³/mol. The van der Waals surface area contributed by atoms with E-state index in [0.717, 1.165) is 0 Å². The molecule has 0 N–H and O–H groups in total. The standard InChI is InChI=1S/C17H23N/c1-17(2)12-14-6-4-5-7-15(14)16(17)13-8-10-18(3)11-9-13/h4-7H,8-12H2,1-3H3. The number of piperidine rings is 1. The summed E-state index contributed by atoms with van der Waals surface area (Å²) in [7, 11) is 2.23. The third kappa shape index (κ3) is 1.91. The van der Waals surface area contributed by atoms with Gasteiger partial charge in [0.15, 0.2) is 0 Å². The predicted octanol–water partition coefficient (Wildman–Crippen LogP) is 3.75. The van der Waals surface area contributed by atoms with Crippen LogP contribution in [0.25, 0.3) is 5.57 Å². The molecule has 2 aliphatic rings. The summed E-state index contributed by atoms with van der Waals surface area (Å²) in [5.74, 6) is 0. The van der Waals surface area contributed by atoms with Crippen molar-refractivity contribution >= 4 is 5.57 Å². The Hall–Kier alpha value is -1.08. The summed E-state index contributed by atoms with van der Waals surface area (Å²) < 4.78 is 0. The minimum atomic E-state index is 0.328. The summed E-state index contributed by atoms with van der Waals surface area (Å²) >= 11 is 0. The second-order valence-electron chi connectivity index (χ2n) is 6.50. The molecular weight excluding hydrogens is 218 g/mol. The molecule has 1 saturated heterocycles. The summed E-state index contributed by atoms with van der Waals surface area (Å²) in [5, 5.41) is 0. The molecular formula is C17H23N. The first-order chi connectivity index (χ1) is 8.58. The van der Waals surface area contributed by atoms with Gasteiger partial charge in [0.1, 0.15) is 0 Å². The lowest BCUT2D eigenvalue weighted by atomic mass is 9.80. The van der Waals surface area contributed by atoms with E-state index in [2.05, 4.69) is 50.1 Å². The Balaban J connectivity index is 2.07. The highest BCUT2D eigenvalue weighted by atomic mass is 15.1. The maximum atomic E-state index is 2.44. The van der Waals surface area contributed by atoms with Gasteiger partial charge >= 0.3 is 0 Å². The van der Waals surface area contributed by atoms with E-state index < -0.39 is 0 Å². The number of hydrogen-bond acceptors (Lipinski definition) is 1. The fraction of sp³-hybridized carbons (Fsp3) is 0.529. The molecule has 1 aliphatic carbocycles. The van der Waals surface area contributed by atoms with Crippen molar-refractivity contribution in [3.8, 4) is 0 Å². The van der Waals surface area contributed by atoms with Gasteiger partial charge in [0.05, 0.1) is 0 Å². The van der Waals surface area contributed by atoms with Crippen molar-refractivity contribution in [1.82, 2.24) is 4.90 Å². The smallest absolute Gasteiger partial charge is 0.00159 e. The zero-order valence-electron chi connectivity index (χ0n) is 11.8. The molecule has 1 nitrogen and oxygen atoms in total. The van der Waals surface area contributed by atoms with E-state index in [1.54, 1.807) is 16.7 Å². The van der Waals surface area contributed by atoms with Crippen LogP contribution in [-0.2, 0) is 6.42 Å². The summed E-state index contributed by atoms with van der Waals surface area (Å²) in [6.07, 6.45) is 3.71. The number of hydrogen-bond donors (Lipinski definition) is 0. The summed E-state index contributed by atoms with van der Waals surface area (Å²) in [4.78, 5) is 2.44. The quantitative estimate of drug-likeness (QED) is 0.668. The van der Waals surface area contributed by atoms with Crippen LogP contribution in [0, 0.1) is 5.41 Å². The normalized spacial score (nSPS) is 23.3. The summed E-state index contributed by atoms with van der Waals surface area (Å²) in [6.45, 7) is 7.26. The van der Waals surface area contributed by atoms with Crippen molar-refractivity contribution in [2.75, 3.05) is 20.1 Å². The second-order valence-corrected chi connectivity index (χ2v) is 6.50. The van der Waals surface area contributed by atoms with E-state index in [0.29, 0.717) is 5.41 Å². The fourth-order valence-electron chi connectivity index (χ4n) is 3.65. The van der Waals surface area contributed by atoms with Gasteiger partial charge in [-0.15, -0.1) is 0 Å². The first-order valence-electron chi connectivity index (χ1n) is 7.07. The molecule has 1 aliphatic heterocycles. The number of benzene rings is 1. The number of fused-ring (bicyclic) bond motifs is 1. The van der Waals surface area contributed by atoms with E-state index in [9.17, 15) is 0 Å². The van der Waals surface area contributed by atoms with Crippen LogP contribution in [0.4, 0.5) is 0 Å². The van der Waals surface area contributed by atoms with Crippen LogP contribution in [0.3, 0.4) is 0 Å². The molecule has 0 unspecified atom stereocenters. The minimum Gasteiger partial charge on any atom is -0.306 e. The maximum Gasteiger partial charge on any atom is 0.00159 e. The highest BCUT2D eigenvalue weighted by Crippen LogP contribution is 2.49. The largest absolute Gasteiger partial charge is 0.306 e. The second kappa shape index (κ2) is 4.24. The number of likely N-dealkylation sites (tertiary alicyclic amines) is 1. The van der Waals surface area contributed by atoms with Crippen LogP contribution >= 0.6 is 0 Å². The van der Waals surface area contributed by atoms with E-state index in [1.165, 1.54) is 37.9 Å². The Bertz CT molecular complexity index is 486. The molecule has 3 rings (SSSR count). The molecule has 1 aromatic carbocycles. The van der Waals surface area contributed by atoms with E-state index in [-0.39, 0.29) is 0 Å². The number of nitrogens with zero attached hydrogens (tertiary/aromatic N) is 1. The lowest BCUT2D eigenvalue weighted by Gasteiger charge is -2.30. The van der Waals surface area contributed by atoms with Crippen molar-refractivity contribution < 1.29 is 0 Å². The monoisotopic (exact) mass is 241 g/mol. The zero-order valence-corrected chi connectivity index (χ0v) is 11.8. The molecule has 0 atom stereocenters. The minimum absolute atomic E-state index is 0.328. The van der Waals surface area contributed by atoms with Crippen molar-refractivity contribution in [3.63, 3.8) is 0 Å². The molecule has 1 heterocycles. The average Bonchev–Trinajstić information content (AvgIpc) is 2.60. The van der Waals surface area contributed by atoms with Crippen LogP contribution < -0.4 is 0 Å². The molecule has 96 valence electrons. The van der Waals surface area contributed by atoms with Gasteiger partial charge in [-0.1, -0.05) is 43.7 Å². The van der Waals surface area contributed by atoms with Crippen LogP contribution in [0.5, 0.6) is 0 Å². The van der Waals surface area contributed by atoms with E-state index in [1.807, 2.05) is 0 Å². The highest BCUT2D eigenvalue weighted by Gasteiger charge is 2.35. The van der Waals surface area contributed by atoms with Gasteiger partial charge in [-0.05, 0) is 48.4 Å². The molecule has 0 radical (unpaired) electrons. The van der Waals surface area contributed by atoms with Gasteiger partial charge in [-0.25, -0.2) is 0 Å². The van der Waals surface area contributed by atoms with E-state index >= 15 is 0 Å². The topological polar surface area (TPSA) is 3.24 Å². The number of allylic oxidation sites excluding steroid dienone is 1. The third-order valence-electron chi connectivity index (χ3n) is 4.54. The molecule has 1 fully saturated rings. The Kier molecular flexibility index (Phi) is 2.82. The lowest BCUT2D eigenvalue weighted by molar-refractivity contribution is 0.311. The van der Waals surface area contributed by atoms with Gasteiger partial charge in [-0.2, -0.15) is 0 Å². The molecule has 1 heteroatoms. The van der Waals surface area contributed by atoms with Crippen molar-refractivity contribution in [2.45, 2.75) is 33.1 Å². The summed E-state index contributed by atoms with van der Waals surface area (Å²) in [6, 6.07) is 9.00. The summed E-state index contributed by atoms with van der Waals surface area (Å²) in [5.41, 5.74) is 6.77. The third-order valence-corrected chi connectivity index (χ3v) is 4.54. The molecule has 0 amide bonds. The van der Waals surface area contributed by atoms with Gasteiger partial charge in [0.2, 0.25) is 0 Å². The maximum absolute atomic E-state index is 2.44.